The van der Waals surface area contributed by atoms with Crippen LogP contribution in [0, 0.1) is 0 Å². The number of ether oxygens (including phenoxy) is 2. The van der Waals surface area contributed by atoms with Crippen molar-refractivity contribution in [3.63, 3.8) is 0 Å². The first-order chi connectivity index (χ1) is 16.9. The van der Waals surface area contributed by atoms with E-state index in [2.05, 4.69) is 17.6 Å². The van der Waals surface area contributed by atoms with Gasteiger partial charge in [-0.05, 0) is 60.5 Å². The summed E-state index contributed by atoms with van der Waals surface area (Å²) in [6.45, 7) is 2.65. The number of rotatable bonds is 11. The fraction of sp³-hybridized carbons (Fsp3) is 0.259. The summed E-state index contributed by atoms with van der Waals surface area (Å²) in [5, 5.41) is 6.62. The molecule has 184 valence electrons. The van der Waals surface area contributed by atoms with Crippen LogP contribution < -0.4 is 20.1 Å². The summed E-state index contributed by atoms with van der Waals surface area (Å²) in [6.07, 6.45) is 2.17. The Hall–Kier alpha value is -3.22. The Balaban J connectivity index is 1.90. The number of methoxy groups -OCH3 is 1. The predicted molar refractivity (Wildman–Crippen MR) is 139 cm³/mol. The average molecular weight is 515 g/mol. The molecule has 0 saturated carbocycles. The summed E-state index contributed by atoms with van der Waals surface area (Å²) in [5.41, 5.74) is 1.34. The number of carbonyl (C=O) groups is 2. The second-order valence-corrected chi connectivity index (χ2v) is 8.74. The summed E-state index contributed by atoms with van der Waals surface area (Å²) in [7, 11) is 1.56. The van der Waals surface area contributed by atoms with Crippen molar-refractivity contribution in [2.45, 2.75) is 32.4 Å². The molecule has 0 atom stereocenters. The maximum Gasteiger partial charge on any atom is 0.253 e. The second-order valence-electron chi connectivity index (χ2n) is 7.87. The zero-order valence-electron chi connectivity index (χ0n) is 19.6. The third-order valence-corrected chi connectivity index (χ3v) is 5.72. The molecule has 0 spiro atoms. The Labute approximate surface area is 215 Å². The third-order valence-electron chi connectivity index (χ3n) is 5.25. The summed E-state index contributed by atoms with van der Waals surface area (Å²) >= 11 is 12.1. The Morgan fingerprint density at radius 1 is 0.829 bits per heavy atom. The molecule has 35 heavy (non-hydrogen) atoms. The largest absolute Gasteiger partial charge is 0.493 e. The minimum Gasteiger partial charge on any atom is -0.493 e. The average Bonchev–Trinajstić information content (AvgIpc) is 2.86. The number of amides is 2. The molecule has 3 aromatic carbocycles. The Morgan fingerprint density at radius 3 is 1.94 bits per heavy atom. The van der Waals surface area contributed by atoms with Gasteiger partial charge in [0.2, 0.25) is 0 Å². The van der Waals surface area contributed by atoms with Gasteiger partial charge in [-0.25, -0.2) is 0 Å². The van der Waals surface area contributed by atoms with Gasteiger partial charge in [-0.2, -0.15) is 0 Å². The van der Waals surface area contributed by atoms with Crippen molar-refractivity contribution in [2.24, 2.45) is 0 Å². The lowest BCUT2D eigenvalue weighted by atomic mass is 10.1. The van der Waals surface area contributed by atoms with E-state index in [1.54, 1.807) is 73.8 Å². The van der Waals surface area contributed by atoms with Crippen molar-refractivity contribution in [2.75, 3.05) is 13.7 Å². The minimum atomic E-state index is -0.864. The van der Waals surface area contributed by atoms with Gasteiger partial charge in [0.15, 0.2) is 11.5 Å². The van der Waals surface area contributed by atoms with Crippen molar-refractivity contribution in [1.29, 1.82) is 0 Å². The first kappa shape index (κ1) is 26.4. The van der Waals surface area contributed by atoms with Gasteiger partial charge < -0.3 is 20.1 Å². The normalized spacial score (nSPS) is 10.7. The zero-order valence-corrected chi connectivity index (χ0v) is 21.2. The maximum atomic E-state index is 13.0. The number of benzene rings is 3. The van der Waals surface area contributed by atoms with Crippen LogP contribution in [0.2, 0.25) is 10.0 Å². The van der Waals surface area contributed by atoms with Crippen molar-refractivity contribution in [3.8, 4) is 11.5 Å². The van der Waals surface area contributed by atoms with Gasteiger partial charge in [-0.3, -0.25) is 9.59 Å². The van der Waals surface area contributed by atoms with Gasteiger partial charge in [0.05, 0.1) is 13.7 Å². The fourth-order valence-corrected chi connectivity index (χ4v) is 3.79. The van der Waals surface area contributed by atoms with E-state index in [9.17, 15) is 9.59 Å². The van der Waals surface area contributed by atoms with Crippen LogP contribution in [0.25, 0.3) is 0 Å². The molecule has 6 nitrogen and oxygen atoms in total. The molecule has 0 radical (unpaired) electrons. The van der Waals surface area contributed by atoms with Crippen molar-refractivity contribution in [3.05, 3.63) is 93.5 Å². The third kappa shape index (κ3) is 7.64. The SMILES string of the molecule is CCCCCOc1cc(C(NC(=O)c2cccc(Cl)c2)NC(=O)c2cccc(Cl)c2)ccc1OC. The lowest BCUT2D eigenvalue weighted by Crippen LogP contribution is -2.41. The van der Waals surface area contributed by atoms with Crippen LogP contribution in [-0.4, -0.2) is 25.5 Å². The highest BCUT2D eigenvalue weighted by Crippen LogP contribution is 2.30. The van der Waals surface area contributed by atoms with Gasteiger partial charge in [0.25, 0.3) is 11.8 Å². The van der Waals surface area contributed by atoms with Crippen LogP contribution in [0.15, 0.2) is 66.7 Å². The molecule has 0 heterocycles. The van der Waals surface area contributed by atoms with Crippen molar-refractivity contribution in [1.82, 2.24) is 10.6 Å². The molecular weight excluding hydrogens is 487 g/mol. The van der Waals surface area contributed by atoms with Crippen LogP contribution in [0.4, 0.5) is 0 Å². The monoisotopic (exact) mass is 514 g/mol. The second kappa shape index (κ2) is 13.0. The Bertz CT molecular complexity index is 1110. The molecule has 0 bridgehead atoms. The molecule has 2 N–H and O–H groups in total. The first-order valence-electron chi connectivity index (χ1n) is 11.3. The van der Waals surface area contributed by atoms with E-state index in [0.717, 1.165) is 19.3 Å². The molecule has 0 aliphatic rings. The maximum absolute atomic E-state index is 13.0. The Kier molecular flexibility index (Phi) is 9.82. The fourth-order valence-electron chi connectivity index (χ4n) is 3.41. The number of carbonyl (C=O) groups excluding carboxylic acids is 2. The molecule has 2 amide bonds. The van der Waals surface area contributed by atoms with Crippen LogP contribution >= 0.6 is 23.2 Å². The molecule has 3 aromatic rings. The van der Waals surface area contributed by atoms with Gasteiger partial charge in [0.1, 0.15) is 6.17 Å². The summed E-state index contributed by atoms with van der Waals surface area (Å²) in [4.78, 5) is 26.0. The molecule has 0 aromatic heterocycles. The quantitative estimate of drug-likeness (QED) is 0.228. The van der Waals surface area contributed by atoms with E-state index < -0.39 is 18.0 Å². The molecule has 0 aliphatic carbocycles. The van der Waals surface area contributed by atoms with E-state index in [1.165, 1.54) is 0 Å². The number of hydrogen-bond donors (Lipinski definition) is 2. The molecule has 8 heteroatoms. The number of nitrogens with one attached hydrogen (secondary N) is 2. The van der Waals surface area contributed by atoms with Gasteiger partial charge in [0, 0.05) is 21.2 Å². The lowest BCUT2D eigenvalue weighted by molar-refractivity contribution is 0.0883. The van der Waals surface area contributed by atoms with E-state index >= 15 is 0 Å². The first-order valence-corrected chi connectivity index (χ1v) is 12.1. The zero-order chi connectivity index (χ0) is 25.2. The molecule has 0 aliphatic heterocycles. The summed E-state index contributed by atoms with van der Waals surface area (Å²) in [5.74, 6) is 0.293. The van der Waals surface area contributed by atoms with E-state index in [-0.39, 0.29) is 0 Å². The lowest BCUT2D eigenvalue weighted by Gasteiger charge is -2.22. The predicted octanol–water partition coefficient (Wildman–Crippen LogP) is 6.43. The van der Waals surface area contributed by atoms with Gasteiger partial charge >= 0.3 is 0 Å². The van der Waals surface area contributed by atoms with Crippen molar-refractivity contribution < 1.29 is 19.1 Å². The molecular formula is C27H28Cl2N2O4. The highest BCUT2D eigenvalue weighted by Gasteiger charge is 2.21. The topological polar surface area (TPSA) is 76.7 Å². The highest BCUT2D eigenvalue weighted by molar-refractivity contribution is 6.31. The van der Waals surface area contributed by atoms with Crippen LogP contribution in [0.5, 0.6) is 11.5 Å². The van der Waals surface area contributed by atoms with E-state index in [0.29, 0.717) is 44.8 Å². The Morgan fingerprint density at radius 2 is 1.43 bits per heavy atom. The summed E-state index contributed by atoms with van der Waals surface area (Å²) in [6, 6.07) is 18.4. The van der Waals surface area contributed by atoms with Gasteiger partial charge in [-0.15, -0.1) is 0 Å². The van der Waals surface area contributed by atoms with E-state index in [1.807, 2.05) is 0 Å². The molecule has 0 fully saturated rings. The number of hydrogen-bond acceptors (Lipinski definition) is 4. The molecule has 3 rings (SSSR count). The summed E-state index contributed by atoms with van der Waals surface area (Å²) < 4.78 is 11.4. The standard InChI is InChI=1S/C27H28Cl2N2O4/c1-3-4-5-14-35-24-17-18(12-13-23(24)34-2)25(30-26(32)19-8-6-10-21(28)15-19)31-27(33)20-9-7-11-22(29)16-20/h6-13,15-17,25H,3-5,14H2,1-2H3,(H,30,32)(H,31,33). The van der Waals surface area contributed by atoms with Crippen LogP contribution in [-0.2, 0) is 0 Å². The molecule has 0 unspecified atom stereocenters. The minimum absolute atomic E-state index is 0.365. The number of halogens is 2. The van der Waals surface area contributed by atoms with Crippen LogP contribution in [0.3, 0.4) is 0 Å². The van der Waals surface area contributed by atoms with E-state index in [4.69, 9.17) is 32.7 Å². The molecule has 0 saturated heterocycles. The highest BCUT2D eigenvalue weighted by atomic mass is 35.5. The number of unbranched alkanes of at least 4 members (excludes halogenated alkanes) is 2. The van der Waals surface area contributed by atoms with Gasteiger partial charge in [-0.1, -0.05) is 61.2 Å². The van der Waals surface area contributed by atoms with Crippen molar-refractivity contribution >= 4 is 35.0 Å². The van der Waals surface area contributed by atoms with Crippen LogP contribution in [0.1, 0.15) is 58.6 Å². The smallest absolute Gasteiger partial charge is 0.253 e.